The van der Waals surface area contributed by atoms with Crippen molar-refractivity contribution in [3.63, 3.8) is 0 Å². The first-order valence-corrected chi connectivity index (χ1v) is 5.77. The maximum absolute atomic E-state index is 12.9. The molecular formula is C13H9BrFNO. The van der Waals surface area contributed by atoms with Crippen LogP contribution in [0.15, 0.2) is 53.0 Å². The fourth-order valence-electron chi connectivity index (χ4n) is 1.41. The second kappa shape index (κ2) is 5.10. The molecule has 0 atom stereocenters. The summed E-state index contributed by atoms with van der Waals surface area (Å²) in [5.74, 6) is -0.655. The maximum Gasteiger partial charge on any atom is 0.256 e. The zero-order chi connectivity index (χ0) is 12.3. The third-order valence-electron chi connectivity index (χ3n) is 2.20. The van der Waals surface area contributed by atoms with Gasteiger partial charge in [0.15, 0.2) is 0 Å². The number of benzene rings is 2. The number of halogens is 2. The molecule has 0 aliphatic heterocycles. The zero-order valence-corrected chi connectivity index (χ0v) is 10.4. The van der Waals surface area contributed by atoms with Gasteiger partial charge in [0.2, 0.25) is 0 Å². The molecule has 0 saturated heterocycles. The van der Waals surface area contributed by atoms with Crippen LogP contribution in [0.4, 0.5) is 10.1 Å². The minimum Gasteiger partial charge on any atom is -0.322 e. The largest absolute Gasteiger partial charge is 0.322 e. The summed E-state index contributed by atoms with van der Waals surface area (Å²) in [6.07, 6.45) is 0. The lowest BCUT2D eigenvalue weighted by molar-refractivity contribution is 0.102. The minimum atomic E-state index is -0.380. The fraction of sp³-hybridized carbons (Fsp3) is 0. The third-order valence-corrected chi connectivity index (χ3v) is 2.89. The van der Waals surface area contributed by atoms with Crippen molar-refractivity contribution in [3.05, 3.63) is 64.4 Å². The monoisotopic (exact) mass is 293 g/mol. The van der Waals surface area contributed by atoms with Crippen molar-refractivity contribution >= 4 is 27.5 Å². The van der Waals surface area contributed by atoms with E-state index in [4.69, 9.17) is 0 Å². The molecule has 2 aromatic rings. The van der Waals surface area contributed by atoms with E-state index in [2.05, 4.69) is 21.2 Å². The fourth-order valence-corrected chi connectivity index (χ4v) is 1.87. The van der Waals surface area contributed by atoms with Crippen LogP contribution >= 0.6 is 15.9 Å². The Morgan fingerprint density at radius 2 is 1.88 bits per heavy atom. The highest BCUT2D eigenvalue weighted by Crippen LogP contribution is 2.18. The van der Waals surface area contributed by atoms with Crippen molar-refractivity contribution in [2.24, 2.45) is 0 Å². The number of carbonyl (C=O) groups is 1. The summed E-state index contributed by atoms with van der Waals surface area (Å²) in [7, 11) is 0. The zero-order valence-electron chi connectivity index (χ0n) is 8.78. The van der Waals surface area contributed by atoms with Gasteiger partial charge in [-0.15, -0.1) is 0 Å². The van der Waals surface area contributed by atoms with Gasteiger partial charge in [0, 0.05) is 10.2 Å². The lowest BCUT2D eigenvalue weighted by Crippen LogP contribution is -2.12. The Bertz CT molecular complexity index is 557. The molecule has 2 aromatic carbocycles. The quantitative estimate of drug-likeness (QED) is 0.895. The lowest BCUT2D eigenvalue weighted by atomic mass is 10.2. The molecule has 1 N–H and O–H groups in total. The van der Waals surface area contributed by atoms with Crippen LogP contribution < -0.4 is 5.32 Å². The van der Waals surface area contributed by atoms with Crippen molar-refractivity contribution in [1.29, 1.82) is 0 Å². The van der Waals surface area contributed by atoms with E-state index in [-0.39, 0.29) is 11.7 Å². The van der Waals surface area contributed by atoms with Gasteiger partial charge in [-0.2, -0.15) is 0 Å². The number of rotatable bonds is 2. The molecule has 0 aliphatic carbocycles. The van der Waals surface area contributed by atoms with Gasteiger partial charge in [-0.3, -0.25) is 4.79 Å². The molecule has 0 spiro atoms. The molecule has 0 aliphatic rings. The topological polar surface area (TPSA) is 29.1 Å². The molecule has 0 saturated carbocycles. The summed E-state index contributed by atoms with van der Waals surface area (Å²) in [6.45, 7) is 0. The second-order valence-corrected chi connectivity index (χ2v) is 4.30. The summed E-state index contributed by atoms with van der Waals surface area (Å²) < 4.78 is 13.6. The molecule has 86 valence electrons. The number of hydrogen-bond acceptors (Lipinski definition) is 1. The average molecular weight is 294 g/mol. The van der Waals surface area contributed by atoms with Crippen LogP contribution in [0.3, 0.4) is 0 Å². The number of hydrogen-bond donors (Lipinski definition) is 1. The van der Waals surface area contributed by atoms with Gasteiger partial charge >= 0.3 is 0 Å². The normalized spacial score (nSPS) is 10.0. The first-order valence-electron chi connectivity index (χ1n) is 4.98. The van der Waals surface area contributed by atoms with Crippen LogP contribution in [0.5, 0.6) is 0 Å². The number of amides is 1. The molecule has 1 amide bonds. The molecular weight excluding hydrogens is 285 g/mol. The third kappa shape index (κ3) is 2.91. The van der Waals surface area contributed by atoms with E-state index in [0.29, 0.717) is 15.7 Å². The van der Waals surface area contributed by atoms with E-state index in [1.54, 1.807) is 30.3 Å². The SMILES string of the molecule is O=C(Nc1cccc(F)c1)c1ccccc1Br. The Labute approximate surface area is 107 Å². The standard InChI is InChI=1S/C13H9BrFNO/c14-12-7-2-1-6-11(12)13(17)16-10-5-3-4-9(15)8-10/h1-8H,(H,16,17). The number of anilines is 1. The van der Waals surface area contributed by atoms with Crippen molar-refractivity contribution < 1.29 is 9.18 Å². The predicted octanol–water partition coefficient (Wildman–Crippen LogP) is 3.84. The van der Waals surface area contributed by atoms with Crippen molar-refractivity contribution in [2.75, 3.05) is 5.32 Å². The molecule has 0 aromatic heterocycles. The molecule has 0 bridgehead atoms. The summed E-state index contributed by atoms with van der Waals surface area (Å²) in [6, 6.07) is 12.8. The Hall–Kier alpha value is -1.68. The number of nitrogens with one attached hydrogen (secondary N) is 1. The highest BCUT2D eigenvalue weighted by Gasteiger charge is 2.09. The average Bonchev–Trinajstić information content (AvgIpc) is 2.29. The van der Waals surface area contributed by atoms with Crippen molar-refractivity contribution in [3.8, 4) is 0 Å². The van der Waals surface area contributed by atoms with Crippen molar-refractivity contribution in [1.82, 2.24) is 0 Å². The van der Waals surface area contributed by atoms with Crippen molar-refractivity contribution in [2.45, 2.75) is 0 Å². The van der Waals surface area contributed by atoms with Gasteiger partial charge in [-0.1, -0.05) is 18.2 Å². The maximum atomic E-state index is 12.9. The Morgan fingerprint density at radius 1 is 1.12 bits per heavy atom. The van der Waals surface area contributed by atoms with Crippen LogP contribution in [0, 0.1) is 5.82 Å². The van der Waals surface area contributed by atoms with Gasteiger partial charge in [0.25, 0.3) is 5.91 Å². The molecule has 0 heterocycles. The molecule has 0 radical (unpaired) electrons. The molecule has 4 heteroatoms. The summed E-state index contributed by atoms with van der Waals surface area (Å²) in [4.78, 5) is 11.9. The molecule has 0 fully saturated rings. The second-order valence-electron chi connectivity index (χ2n) is 3.44. The minimum absolute atomic E-state index is 0.275. The Balaban J connectivity index is 2.20. The molecule has 17 heavy (non-hydrogen) atoms. The van der Waals surface area contributed by atoms with Gasteiger partial charge in [0.1, 0.15) is 5.82 Å². The smallest absolute Gasteiger partial charge is 0.256 e. The van der Waals surface area contributed by atoms with E-state index in [1.807, 2.05) is 6.07 Å². The molecule has 2 rings (SSSR count). The Morgan fingerprint density at radius 3 is 2.59 bits per heavy atom. The van der Waals surface area contributed by atoms with Crippen LogP contribution in [-0.4, -0.2) is 5.91 Å². The summed E-state index contributed by atoms with van der Waals surface area (Å²) in [5.41, 5.74) is 0.947. The van der Waals surface area contributed by atoms with E-state index >= 15 is 0 Å². The lowest BCUT2D eigenvalue weighted by Gasteiger charge is -2.06. The van der Waals surface area contributed by atoms with Crippen LogP contribution in [0.1, 0.15) is 10.4 Å². The van der Waals surface area contributed by atoms with Gasteiger partial charge in [-0.05, 0) is 46.3 Å². The molecule has 2 nitrogen and oxygen atoms in total. The van der Waals surface area contributed by atoms with Crippen LogP contribution in [-0.2, 0) is 0 Å². The van der Waals surface area contributed by atoms with Crippen LogP contribution in [0.2, 0.25) is 0 Å². The summed E-state index contributed by atoms with van der Waals surface area (Å²) >= 11 is 3.29. The van der Waals surface area contributed by atoms with E-state index in [1.165, 1.54) is 12.1 Å². The Kier molecular flexibility index (Phi) is 3.54. The first kappa shape index (κ1) is 11.8. The van der Waals surface area contributed by atoms with Gasteiger partial charge in [0.05, 0.1) is 5.56 Å². The number of carbonyl (C=O) groups excluding carboxylic acids is 1. The highest BCUT2D eigenvalue weighted by molar-refractivity contribution is 9.10. The van der Waals surface area contributed by atoms with Crippen LogP contribution in [0.25, 0.3) is 0 Å². The van der Waals surface area contributed by atoms with E-state index in [0.717, 1.165) is 0 Å². The van der Waals surface area contributed by atoms with E-state index < -0.39 is 0 Å². The van der Waals surface area contributed by atoms with Gasteiger partial charge < -0.3 is 5.32 Å². The van der Waals surface area contributed by atoms with Gasteiger partial charge in [-0.25, -0.2) is 4.39 Å². The first-order chi connectivity index (χ1) is 8.16. The highest BCUT2D eigenvalue weighted by atomic mass is 79.9. The predicted molar refractivity (Wildman–Crippen MR) is 68.5 cm³/mol. The molecule has 0 unspecified atom stereocenters. The van der Waals surface area contributed by atoms with E-state index in [9.17, 15) is 9.18 Å². The summed E-state index contributed by atoms with van der Waals surface area (Å²) in [5, 5.41) is 2.63.